The minimum Gasteiger partial charge on any atom is -0.481 e. The lowest BCUT2D eigenvalue weighted by molar-refractivity contribution is -0.138. The SMILES string of the molecule is O=C(O)CC1CCN(CC/C=C2/C3=C(CCC(Cl)=C3)OCOc3ccc(Cl)cc32)C1. The maximum Gasteiger partial charge on any atom is 0.303 e. The number of likely N-dealkylation sites (tertiary alicyclic amines) is 1. The van der Waals surface area contributed by atoms with Gasteiger partial charge in [0.2, 0.25) is 6.79 Å². The molecule has 1 aromatic carbocycles. The molecule has 160 valence electrons. The number of fused-ring (bicyclic) bond motifs is 1. The lowest BCUT2D eigenvalue weighted by Gasteiger charge is -2.25. The number of carbonyl (C=O) groups is 1. The number of ether oxygens (including phenoxy) is 2. The molecule has 2 aliphatic heterocycles. The molecule has 1 atom stereocenters. The van der Waals surface area contributed by atoms with Gasteiger partial charge in [0.15, 0.2) is 0 Å². The van der Waals surface area contributed by atoms with Crippen molar-refractivity contribution in [3.05, 3.63) is 57.3 Å². The highest BCUT2D eigenvalue weighted by molar-refractivity contribution is 6.31. The van der Waals surface area contributed by atoms with Crippen molar-refractivity contribution in [2.75, 3.05) is 26.4 Å². The number of nitrogens with zero attached hydrogens (tertiary/aromatic N) is 1. The van der Waals surface area contributed by atoms with E-state index < -0.39 is 5.97 Å². The fourth-order valence-corrected chi connectivity index (χ4v) is 4.72. The van der Waals surface area contributed by atoms with Crippen LogP contribution >= 0.6 is 23.2 Å². The summed E-state index contributed by atoms with van der Waals surface area (Å²) in [5.41, 5.74) is 2.94. The van der Waals surface area contributed by atoms with E-state index in [-0.39, 0.29) is 19.1 Å². The molecule has 1 fully saturated rings. The van der Waals surface area contributed by atoms with Crippen LogP contribution in [0, 0.1) is 5.92 Å². The monoisotopic (exact) mass is 449 g/mol. The van der Waals surface area contributed by atoms with Crippen molar-refractivity contribution < 1.29 is 19.4 Å². The van der Waals surface area contributed by atoms with E-state index in [0.717, 1.165) is 78.6 Å². The molecule has 1 unspecified atom stereocenters. The van der Waals surface area contributed by atoms with Gasteiger partial charge in [0.05, 0.1) is 0 Å². The lowest BCUT2D eigenvalue weighted by Crippen LogP contribution is -2.22. The van der Waals surface area contributed by atoms with Crippen LogP contribution < -0.4 is 4.74 Å². The zero-order chi connectivity index (χ0) is 21.1. The van der Waals surface area contributed by atoms with Crippen molar-refractivity contribution in [3.63, 3.8) is 0 Å². The Bertz CT molecular complexity index is 922. The van der Waals surface area contributed by atoms with Gasteiger partial charge in [-0.25, -0.2) is 0 Å². The number of allylic oxidation sites excluding steroid dienone is 5. The molecular formula is C23H25Cl2NO4. The van der Waals surface area contributed by atoms with Gasteiger partial charge >= 0.3 is 5.97 Å². The Balaban J connectivity index is 1.58. The summed E-state index contributed by atoms with van der Waals surface area (Å²) in [6.45, 7) is 2.81. The second kappa shape index (κ2) is 9.46. The Hall–Kier alpha value is -1.95. The summed E-state index contributed by atoms with van der Waals surface area (Å²) in [5.74, 6) is 1.15. The topological polar surface area (TPSA) is 59.0 Å². The number of hydrogen-bond donors (Lipinski definition) is 1. The molecule has 5 nitrogen and oxygen atoms in total. The molecule has 30 heavy (non-hydrogen) atoms. The van der Waals surface area contributed by atoms with Crippen molar-refractivity contribution in [2.24, 2.45) is 5.92 Å². The third-order valence-corrected chi connectivity index (χ3v) is 6.32. The van der Waals surface area contributed by atoms with Crippen LogP contribution in [0.2, 0.25) is 5.02 Å². The Kier molecular flexibility index (Phi) is 6.71. The fraction of sp³-hybridized carbons (Fsp3) is 0.435. The van der Waals surface area contributed by atoms with Gasteiger partial charge in [-0.05, 0) is 61.6 Å². The lowest BCUT2D eigenvalue weighted by atomic mass is 9.90. The quantitative estimate of drug-likeness (QED) is 0.647. The van der Waals surface area contributed by atoms with E-state index in [9.17, 15) is 4.79 Å². The first-order valence-electron chi connectivity index (χ1n) is 10.3. The summed E-state index contributed by atoms with van der Waals surface area (Å²) in [6, 6.07) is 5.60. The summed E-state index contributed by atoms with van der Waals surface area (Å²) in [7, 11) is 0. The Morgan fingerprint density at radius 3 is 2.97 bits per heavy atom. The van der Waals surface area contributed by atoms with Crippen LogP contribution in [0.4, 0.5) is 0 Å². The molecule has 0 amide bonds. The molecular weight excluding hydrogens is 425 g/mol. The largest absolute Gasteiger partial charge is 0.481 e. The number of aliphatic carboxylic acids is 1. The maximum atomic E-state index is 11.0. The van der Waals surface area contributed by atoms with Gasteiger partial charge in [0, 0.05) is 47.1 Å². The first-order chi connectivity index (χ1) is 14.5. The molecule has 1 aromatic rings. The average Bonchev–Trinajstić information content (AvgIpc) is 3.13. The van der Waals surface area contributed by atoms with Crippen LogP contribution in [0.3, 0.4) is 0 Å². The molecule has 0 saturated carbocycles. The highest BCUT2D eigenvalue weighted by Gasteiger charge is 2.25. The van der Waals surface area contributed by atoms with Gasteiger partial charge in [-0.2, -0.15) is 0 Å². The predicted octanol–water partition coefficient (Wildman–Crippen LogP) is 5.45. The first-order valence-corrected chi connectivity index (χ1v) is 11.0. The highest BCUT2D eigenvalue weighted by atomic mass is 35.5. The van der Waals surface area contributed by atoms with Gasteiger partial charge in [0.25, 0.3) is 0 Å². The van der Waals surface area contributed by atoms with E-state index in [2.05, 4.69) is 11.0 Å². The number of benzene rings is 1. The van der Waals surface area contributed by atoms with Crippen LogP contribution in [-0.2, 0) is 9.53 Å². The number of carboxylic acid groups (broad SMARTS) is 1. The molecule has 0 spiro atoms. The van der Waals surface area contributed by atoms with Gasteiger partial charge in [-0.15, -0.1) is 0 Å². The summed E-state index contributed by atoms with van der Waals surface area (Å²) in [5, 5.41) is 10.5. The van der Waals surface area contributed by atoms with Crippen LogP contribution in [0.5, 0.6) is 5.75 Å². The van der Waals surface area contributed by atoms with Gasteiger partial charge in [0.1, 0.15) is 11.5 Å². The van der Waals surface area contributed by atoms with E-state index in [1.165, 1.54) is 0 Å². The van der Waals surface area contributed by atoms with Crippen LogP contribution in [0.25, 0.3) is 5.57 Å². The molecule has 4 rings (SSSR count). The van der Waals surface area contributed by atoms with E-state index in [1.54, 1.807) is 0 Å². The number of halogens is 2. The molecule has 1 aliphatic carbocycles. The van der Waals surface area contributed by atoms with Crippen LogP contribution in [0.15, 0.2) is 46.7 Å². The normalized spacial score (nSPS) is 23.1. The summed E-state index contributed by atoms with van der Waals surface area (Å²) < 4.78 is 11.7. The zero-order valence-electron chi connectivity index (χ0n) is 16.7. The Morgan fingerprint density at radius 1 is 1.27 bits per heavy atom. The average molecular weight is 450 g/mol. The van der Waals surface area contributed by atoms with Crippen molar-refractivity contribution in [1.29, 1.82) is 0 Å². The fourth-order valence-electron chi connectivity index (χ4n) is 4.34. The van der Waals surface area contributed by atoms with Gasteiger partial charge in [-0.1, -0.05) is 29.3 Å². The predicted molar refractivity (Wildman–Crippen MR) is 118 cm³/mol. The van der Waals surface area contributed by atoms with E-state index in [0.29, 0.717) is 5.02 Å². The van der Waals surface area contributed by atoms with Crippen molar-refractivity contribution >= 4 is 34.7 Å². The maximum absolute atomic E-state index is 11.0. The van der Waals surface area contributed by atoms with Crippen LogP contribution in [-0.4, -0.2) is 42.4 Å². The highest BCUT2D eigenvalue weighted by Crippen LogP contribution is 2.41. The van der Waals surface area contributed by atoms with Crippen molar-refractivity contribution in [3.8, 4) is 5.75 Å². The summed E-state index contributed by atoms with van der Waals surface area (Å²) in [4.78, 5) is 13.3. The first kappa shape index (κ1) is 21.3. The Labute approximate surface area is 186 Å². The third kappa shape index (κ3) is 5.02. The molecule has 1 saturated heterocycles. The molecule has 7 heteroatoms. The van der Waals surface area contributed by atoms with E-state index >= 15 is 0 Å². The molecule has 2 heterocycles. The third-order valence-electron chi connectivity index (χ3n) is 5.79. The van der Waals surface area contributed by atoms with Gasteiger partial charge < -0.3 is 19.5 Å². The second-order valence-electron chi connectivity index (χ2n) is 7.93. The van der Waals surface area contributed by atoms with Crippen LogP contribution in [0.1, 0.15) is 37.7 Å². The molecule has 0 bridgehead atoms. The molecule has 0 radical (unpaired) electrons. The molecule has 3 aliphatic rings. The number of carboxylic acids is 1. The number of hydrogen-bond acceptors (Lipinski definition) is 4. The Morgan fingerprint density at radius 2 is 2.13 bits per heavy atom. The van der Waals surface area contributed by atoms with Gasteiger partial charge in [-0.3, -0.25) is 4.79 Å². The number of rotatable bonds is 5. The summed E-state index contributed by atoms with van der Waals surface area (Å²) >= 11 is 12.7. The minimum atomic E-state index is -0.715. The van der Waals surface area contributed by atoms with Crippen molar-refractivity contribution in [2.45, 2.75) is 32.1 Å². The smallest absolute Gasteiger partial charge is 0.303 e. The van der Waals surface area contributed by atoms with Crippen molar-refractivity contribution in [1.82, 2.24) is 4.90 Å². The standard InChI is InChI=1S/C23H25Cl2NO4/c24-16-3-5-21-19(11-16)18(20-12-17(25)4-6-22(20)30-14-29-21)2-1-8-26-9-7-15(13-26)10-23(27)28/h2-3,5,11-12,15H,1,4,6-10,13-14H2,(H,27,28)/b18-2+. The van der Waals surface area contributed by atoms with E-state index in [4.69, 9.17) is 37.8 Å². The van der Waals surface area contributed by atoms with E-state index in [1.807, 2.05) is 24.3 Å². The zero-order valence-corrected chi connectivity index (χ0v) is 18.2. The second-order valence-corrected chi connectivity index (χ2v) is 8.86. The molecule has 1 N–H and O–H groups in total. The molecule has 0 aromatic heterocycles. The minimum absolute atomic E-state index is 0.158. The summed E-state index contributed by atoms with van der Waals surface area (Å²) in [6.07, 6.45) is 7.69.